The van der Waals surface area contributed by atoms with Gasteiger partial charge in [-0.25, -0.2) is 14.8 Å². The summed E-state index contributed by atoms with van der Waals surface area (Å²) in [5.41, 5.74) is 10.2. The maximum absolute atomic E-state index is 12.2. The molecule has 1 amide bonds. The molecular weight excluding hydrogens is 429 g/mol. The highest BCUT2D eigenvalue weighted by Crippen LogP contribution is 2.29. The number of amides is 1. The number of nitrogens with zero attached hydrogens (tertiary/aromatic N) is 1. The molecule has 6 atom stereocenters. The first-order chi connectivity index (χ1) is 14.1. The summed E-state index contributed by atoms with van der Waals surface area (Å²) in [5, 5.41) is 28.5. The first-order valence-electron chi connectivity index (χ1n) is 8.44. The molecule has 0 saturated carbocycles. The number of carbonyl (C=O) groups excluding carboxylic acids is 3. The summed E-state index contributed by atoms with van der Waals surface area (Å²) in [6.45, 7) is -0.457. The Kier molecular flexibility index (Phi) is 8.52. The van der Waals surface area contributed by atoms with E-state index in [1.54, 1.807) is 0 Å². The van der Waals surface area contributed by atoms with E-state index in [0.717, 1.165) is 0 Å². The molecule has 1 aliphatic rings. The lowest BCUT2D eigenvalue weighted by atomic mass is 10.1. The predicted octanol–water partition coefficient (Wildman–Crippen LogP) is -2.62. The molecule has 2 heterocycles. The Bertz CT molecular complexity index is 823. The van der Waals surface area contributed by atoms with Gasteiger partial charge >= 0.3 is 20.2 Å². The summed E-state index contributed by atoms with van der Waals surface area (Å²) >= 11 is 0. The Morgan fingerprint density at radius 3 is 2.63 bits per heavy atom. The molecule has 1 aliphatic heterocycles. The van der Waals surface area contributed by atoms with E-state index in [1.807, 2.05) is 0 Å². The summed E-state index contributed by atoms with van der Waals surface area (Å²) in [5.74, 6) is -3.08. The van der Waals surface area contributed by atoms with Gasteiger partial charge in [-0.2, -0.15) is 9.24 Å². The SMILES string of the molecule is NC(=O)C[C@H](N)C(=O)OC(=O)c1ccc[n+]([C@@H]2O[C@H](CO[PH](=O)OO)[C@@H](O)[C@H]2O)c1. The van der Waals surface area contributed by atoms with Gasteiger partial charge in [0.1, 0.15) is 23.8 Å². The standard InChI is InChI=1S/C15H20N3O11P/c16-8(4-10(17)19)15(23)28-14(22)7-2-1-3-18(5-7)13-12(21)11(20)9(27-13)6-26-30(25)29-24/h1-3,5,8-9,11-13,20-21,30H,4,6,16H2,(H2-,17,19,24)/p+1/t8-,9+,11+,12+,13+/m0/s1. The number of primary amides is 1. The predicted molar refractivity (Wildman–Crippen MR) is 93.4 cm³/mol. The van der Waals surface area contributed by atoms with Gasteiger partial charge < -0.3 is 35.7 Å². The lowest BCUT2D eigenvalue weighted by molar-refractivity contribution is -0.765. The highest BCUT2D eigenvalue weighted by atomic mass is 31.1. The quantitative estimate of drug-likeness (QED) is 0.0651. The van der Waals surface area contributed by atoms with Crippen LogP contribution in [0.25, 0.3) is 0 Å². The van der Waals surface area contributed by atoms with Crippen LogP contribution in [0.5, 0.6) is 0 Å². The van der Waals surface area contributed by atoms with Crippen molar-refractivity contribution in [2.45, 2.75) is 37.0 Å². The van der Waals surface area contributed by atoms with E-state index in [2.05, 4.69) is 13.9 Å². The number of rotatable bonds is 9. The van der Waals surface area contributed by atoms with E-state index >= 15 is 0 Å². The van der Waals surface area contributed by atoms with Crippen molar-refractivity contribution < 1.29 is 57.7 Å². The fourth-order valence-electron chi connectivity index (χ4n) is 2.59. The summed E-state index contributed by atoms with van der Waals surface area (Å²) in [6, 6.07) is 1.28. The van der Waals surface area contributed by atoms with Gasteiger partial charge in [0.15, 0.2) is 18.5 Å². The molecule has 1 aromatic rings. The Labute approximate surface area is 169 Å². The lowest BCUT2D eigenvalue weighted by Crippen LogP contribution is -2.46. The summed E-state index contributed by atoms with van der Waals surface area (Å²) in [6.07, 6.45) is -3.12. The maximum Gasteiger partial charge on any atom is 0.351 e. The molecule has 0 radical (unpaired) electrons. The van der Waals surface area contributed by atoms with Crippen molar-refractivity contribution in [1.82, 2.24) is 0 Å². The third kappa shape index (κ3) is 6.10. The third-order valence-corrected chi connectivity index (χ3v) is 4.60. The van der Waals surface area contributed by atoms with Crippen LogP contribution in [0.1, 0.15) is 23.0 Å². The molecule has 2 rings (SSSR count). The molecule has 7 N–H and O–H groups in total. The number of hydrogen-bond donors (Lipinski definition) is 5. The molecule has 1 fully saturated rings. The molecule has 30 heavy (non-hydrogen) atoms. The zero-order valence-corrected chi connectivity index (χ0v) is 16.3. The Morgan fingerprint density at radius 2 is 2.00 bits per heavy atom. The van der Waals surface area contributed by atoms with Crippen LogP contribution in [0, 0.1) is 0 Å². The summed E-state index contributed by atoms with van der Waals surface area (Å²) < 4.78 is 30.4. The highest BCUT2D eigenvalue weighted by Gasteiger charge is 2.48. The van der Waals surface area contributed by atoms with Crippen molar-refractivity contribution in [2.75, 3.05) is 6.61 Å². The topological polar surface area (TPSA) is 222 Å². The van der Waals surface area contributed by atoms with Crippen molar-refractivity contribution in [3.8, 4) is 0 Å². The molecule has 0 bridgehead atoms. The van der Waals surface area contributed by atoms with Gasteiger partial charge in [0.25, 0.3) is 6.23 Å². The minimum absolute atomic E-state index is 0.124. The number of pyridine rings is 1. The van der Waals surface area contributed by atoms with Crippen LogP contribution in [0.2, 0.25) is 0 Å². The summed E-state index contributed by atoms with van der Waals surface area (Å²) in [4.78, 5) is 34.7. The largest absolute Gasteiger partial charge is 0.388 e. The van der Waals surface area contributed by atoms with Crippen LogP contribution < -0.4 is 16.0 Å². The number of aliphatic hydroxyl groups excluding tert-OH is 2. The van der Waals surface area contributed by atoms with Gasteiger partial charge in [-0.3, -0.25) is 9.36 Å². The van der Waals surface area contributed by atoms with Crippen LogP contribution in [0.4, 0.5) is 0 Å². The van der Waals surface area contributed by atoms with Gasteiger partial charge in [-0.1, -0.05) is 0 Å². The van der Waals surface area contributed by atoms with Gasteiger partial charge in [-0.15, -0.1) is 0 Å². The fourth-order valence-corrected chi connectivity index (χ4v) is 2.94. The average molecular weight is 450 g/mol. The van der Waals surface area contributed by atoms with E-state index < -0.39 is 69.7 Å². The van der Waals surface area contributed by atoms with Crippen LogP contribution >= 0.6 is 8.25 Å². The van der Waals surface area contributed by atoms with Crippen molar-refractivity contribution in [3.05, 3.63) is 30.1 Å². The van der Waals surface area contributed by atoms with E-state index in [-0.39, 0.29) is 5.56 Å². The molecule has 1 unspecified atom stereocenters. The molecule has 14 nitrogen and oxygen atoms in total. The number of aromatic nitrogens is 1. The molecule has 0 aromatic carbocycles. The number of esters is 2. The van der Waals surface area contributed by atoms with Crippen molar-refractivity contribution in [2.24, 2.45) is 11.5 Å². The second-order valence-corrected chi connectivity index (χ2v) is 7.20. The van der Waals surface area contributed by atoms with Crippen LogP contribution in [0.15, 0.2) is 24.5 Å². The molecule has 0 aliphatic carbocycles. The molecular formula is C15H21N3O11P+. The number of hydrogen-bond acceptors (Lipinski definition) is 12. The monoisotopic (exact) mass is 450 g/mol. The first kappa shape index (κ1) is 24.0. The molecule has 166 valence electrons. The van der Waals surface area contributed by atoms with Crippen molar-refractivity contribution >= 4 is 26.1 Å². The Balaban J connectivity index is 2.07. The minimum Gasteiger partial charge on any atom is -0.388 e. The van der Waals surface area contributed by atoms with Crippen LogP contribution in [-0.4, -0.2) is 64.3 Å². The smallest absolute Gasteiger partial charge is 0.351 e. The second-order valence-electron chi connectivity index (χ2n) is 6.22. The normalized spacial score (nSPS) is 25.5. The van der Waals surface area contributed by atoms with E-state index in [0.29, 0.717) is 0 Å². The second kappa shape index (κ2) is 10.7. The number of ether oxygens (including phenoxy) is 2. The Morgan fingerprint density at radius 1 is 1.30 bits per heavy atom. The Hall–Kier alpha value is -2.29. The van der Waals surface area contributed by atoms with Gasteiger partial charge in [0.2, 0.25) is 5.91 Å². The molecule has 15 heteroatoms. The van der Waals surface area contributed by atoms with E-state index in [9.17, 15) is 29.2 Å². The minimum atomic E-state index is -3.19. The van der Waals surface area contributed by atoms with Crippen molar-refractivity contribution in [1.29, 1.82) is 0 Å². The molecule has 1 aromatic heterocycles. The van der Waals surface area contributed by atoms with E-state index in [1.165, 1.54) is 29.1 Å². The van der Waals surface area contributed by atoms with Gasteiger partial charge in [0.05, 0.1) is 13.0 Å². The van der Waals surface area contributed by atoms with Crippen LogP contribution in [0.3, 0.4) is 0 Å². The first-order valence-corrected chi connectivity index (χ1v) is 9.67. The average Bonchev–Trinajstić information content (AvgIpc) is 2.99. The zero-order valence-electron chi connectivity index (χ0n) is 15.3. The lowest BCUT2D eigenvalue weighted by Gasteiger charge is -2.12. The van der Waals surface area contributed by atoms with Crippen LogP contribution in [-0.2, 0) is 32.8 Å². The number of aliphatic hydroxyl groups is 2. The van der Waals surface area contributed by atoms with Gasteiger partial charge in [-0.05, 0) is 6.07 Å². The number of nitrogens with two attached hydrogens (primary N) is 2. The maximum atomic E-state index is 12.2. The highest BCUT2D eigenvalue weighted by molar-refractivity contribution is 7.33. The fraction of sp³-hybridized carbons (Fsp3) is 0.467. The van der Waals surface area contributed by atoms with E-state index in [4.69, 9.17) is 21.5 Å². The van der Waals surface area contributed by atoms with Crippen molar-refractivity contribution in [3.63, 3.8) is 0 Å². The number of carbonyl (C=O) groups is 3. The third-order valence-electron chi connectivity index (χ3n) is 4.05. The van der Waals surface area contributed by atoms with Gasteiger partial charge in [0, 0.05) is 6.07 Å². The molecule has 1 saturated heterocycles. The zero-order chi connectivity index (χ0) is 22.4. The molecule has 0 spiro atoms. The summed E-state index contributed by atoms with van der Waals surface area (Å²) in [7, 11) is -3.19.